The first-order chi connectivity index (χ1) is 11.5. The van der Waals surface area contributed by atoms with Crippen molar-refractivity contribution in [3.63, 3.8) is 0 Å². The van der Waals surface area contributed by atoms with Gasteiger partial charge in [-0.2, -0.15) is 4.31 Å². The number of hydrogen-bond donors (Lipinski definition) is 0. The highest BCUT2D eigenvalue weighted by molar-refractivity contribution is 7.89. The molecule has 1 aromatic carbocycles. The second-order valence-corrected chi connectivity index (χ2v) is 7.78. The molecule has 0 spiro atoms. The van der Waals surface area contributed by atoms with Gasteiger partial charge >= 0.3 is 0 Å². The van der Waals surface area contributed by atoms with Gasteiger partial charge in [-0.25, -0.2) is 8.42 Å². The highest BCUT2D eigenvalue weighted by Gasteiger charge is 2.28. The molecule has 1 aliphatic rings. The third kappa shape index (κ3) is 3.58. The normalized spacial score (nSPS) is 17.0. The summed E-state index contributed by atoms with van der Waals surface area (Å²) in [7, 11) is -3.52. The minimum Gasteiger partial charge on any atom is -0.468 e. The Morgan fingerprint density at radius 3 is 2.29 bits per heavy atom. The molecule has 1 fully saturated rings. The van der Waals surface area contributed by atoms with Gasteiger partial charge in [0.05, 0.1) is 17.7 Å². The Kier molecular flexibility index (Phi) is 4.84. The molecule has 6 nitrogen and oxygen atoms in total. The number of nitrogens with zero attached hydrogens (tertiary/aromatic N) is 2. The van der Waals surface area contributed by atoms with Gasteiger partial charge in [-0.3, -0.25) is 9.69 Å². The zero-order valence-electron chi connectivity index (χ0n) is 13.5. The Hall–Kier alpha value is -1.96. The first kappa shape index (κ1) is 16.9. The van der Waals surface area contributed by atoms with Gasteiger partial charge in [-0.15, -0.1) is 0 Å². The van der Waals surface area contributed by atoms with Crippen LogP contribution in [0.1, 0.15) is 23.0 Å². The fourth-order valence-corrected chi connectivity index (χ4v) is 4.18. The van der Waals surface area contributed by atoms with E-state index < -0.39 is 10.0 Å². The number of hydrogen-bond acceptors (Lipinski definition) is 5. The van der Waals surface area contributed by atoms with Crippen LogP contribution in [0.4, 0.5) is 0 Å². The summed E-state index contributed by atoms with van der Waals surface area (Å²) in [5.41, 5.74) is 0.511. The highest BCUT2D eigenvalue weighted by Crippen LogP contribution is 2.19. The van der Waals surface area contributed by atoms with Crippen LogP contribution < -0.4 is 0 Å². The average Bonchev–Trinajstić information content (AvgIpc) is 3.08. The summed E-state index contributed by atoms with van der Waals surface area (Å²) in [5, 5.41) is 0. The fourth-order valence-electron chi connectivity index (χ4n) is 2.76. The van der Waals surface area contributed by atoms with E-state index in [-0.39, 0.29) is 10.7 Å². The summed E-state index contributed by atoms with van der Waals surface area (Å²) in [6, 6.07) is 9.88. The van der Waals surface area contributed by atoms with Crippen LogP contribution in [0, 0.1) is 0 Å². The van der Waals surface area contributed by atoms with Crippen molar-refractivity contribution < 1.29 is 17.6 Å². The largest absolute Gasteiger partial charge is 0.468 e. The second-order valence-electron chi connectivity index (χ2n) is 5.84. The monoisotopic (exact) mass is 348 g/mol. The van der Waals surface area contributed by atoms with E-state index in [0.717, 1.165) is 5.76 Å². The highest BCUT2D eigenvalue weighted by atomic mass is 32.2. The molecule has 0 aliphatic carbocycles. The van der Waals surface area contributed by atoms with Crippen molar-refractivity contribution >= 4 is 15.8 Å². The van der Waals surface area contributed by atoms with E-state index in [0.29, 0.717) is 38.3 Å². The van der Waals surface area contributed by atoms with Crippen LogP contribution in [0.25, 0.3) is 0 Å². The van der Waals surface area contributed by atoms with E-state index in [4.69, 9.17) is 4.42 Å². The smallest absolute Gasteiger partial charge is 0.243 e. The van der Waals surface area contributed by atoms with E-state index in [9.17, 15) is 13.2 Å². The molecule has 0 atom stereocenters. The molecule has 0 bridgehead atoms. The molecular formula is C17H20N2O4S. The van der Waals surface area contributed by atoms with E-state index in [2.05, 4.69) is 4.90 Å². The zero-order chi connectivity index (χ0) is 17.2. The maximum Gasteiger partial charge on any atom is 0.243 e. The quantitative estimate of drug-likeness (QED) is 0.773. The maximum atomic E-state index is 12.7. The van der Waals surface area contributed by atoms with Crippen LogP contribution >= 0.6 is 0 Å². The van der Waals surface area contributed by atoms with Gasteiger partial charge in [0.25, 0.3) is 0 Å². The van der Waals surface area contributed by atoms with Crippen molar-refractivity contribution in [2.24, 2.45) is 0 Å². The molecule has 2 aromatic rings. The number of benzene rings is 1. The molecule has 2 heterocycles. The van der Waals surface area contributed by atoms with Crippen LogP contribution in [-0.2, 0) is 16.6 Å². The molecule has 0 N–H and O–H groups in total. The Balaban J connectivity index is 1.65. The van der Waals surface area contributed by atoms with Crippen molar-refractivity contribution in [1.82, 2.24) is 9.21 Å². The zero-order valence-corrected chi connectivity index (χ0v) is 14.3. The Morgan fingerprint density at radius 1 is 1.08 bits per heavy atom. The number of ketones is 1. The van der Waals surface area contributed by atoms with Crippen LogP contribution in [-0.4, -0.2) is 49.6 Å². The molecule has 1 saturated heterocycles. The van der Waals surface area contributed by atoms with Crippen LogP contribution in [0.2, 0.25) is 0 Å². The number of piperazine rings is 1. The molecule has 128 valence electrons. The molecule has 1 aliphatic heterocycles. The third-order valence-corrected chi connectivity index (χ3v) is 6.10. The van der Waals surface area contributed by atoms with Gasteiger partial charge in [0.15, 0.2) is 5.78 Å². The lowest BCUT2D eigenvalue weighted by Gasteiger charge is -2.33. The maximum absolute atomic E-state index is 12.7. The predicted octanol–water partition coefficient (Wildman–Crippen LogP) is 1.99. The summed E-state index contributed by atoms with van der Waals surface area (Å²) >= 11 is 0. The molecular weight excluding hydrogens is 328 g/mol. The lowest BCUT2D eigenvalue weighted by Crippen LogP contribution is -2.48. The van der Waals surface area contributed by atoms with Crippen molar-refractivity contribution in [2.45, 2.75) is 18.4 Å². The van der Waals surface area contributed by atoms with Gasteiger partial charge in [0.1, 0.15) is 5.76 Å². The van der Waals surface area contributed by atoms with Crippen molar-refractivity contribution in [1.29, 1.82) is 0 Å². The van der Waals surface area contributed by atoms with Crippen molar-refractivity contribution in [3.05, 3.63) is 54.0 Å². The first-order valence-corrected chi connectivity index (χ1v) is 9.27. The van der Waals surface area contributed by atoms with E-state index >= 15 is 0 Å². The first-order valence-electron chi connectivity index (χ1n) is 7.83. The number of Topliss-reactive ketones (excluding diaryl/α,β-unsaturated/α-hetero) is 1. The number of rotatable bonds is 5. The number of carbonyl (C=O) groups excluding carboxylic acids is 1. The van der Waals surface area contributed by atoms with E-state index in [1.807, 2.05) is 12.1 Å². The van der Waals surface area contributed by atoms with Crippen LogP contribution in [0.15, 0.2) is 52.0 Å². The number of sulfonamides is 1. The topological polar surface area (TPSA) is 70.8 Å². The summed E-state index contributed by atoms with van der Waals surface area (Å²) < 4.78 is 32.2. The Morgan fingerprint density at radius 2 is 1.75 bits per heavy atom. The number of carbonyl (C=O) groups is 1. The summed E-state index contributed by atoms with van der Waals surface area (Å²) in [4.78, 5) is 13.7. The van der Waals surface area contributed by atoms with Crippen LogP contribution in [0.3, 0.4) is 0 Å². The molecule has 3 rings (SSSR count). The predicted molar refractivity (Wildman–Crippen MR) is 89.2 cm³/mol. The van der Waals surface area contributed by atoms with Gasteiger partial charge in [-0.05, 0) is 31.2 Å². The van der Waals surface area contributed by atoms with Gasteiger partial charge in [0, 0.05) is 31.7 Å². The molecule has 0 radical (unpaired) electrons. The number of furan rings is 1. The Labute approximate surface area is 141 Å². The molecule has 0 amide bonds. The average molecular weight is 348 g/mol. The van der Waals surface area contributed by atoms with Gasteiger partial charge in [-0.1, -0.05) is 12.1 Å². The summed E-state index contributed by atoms with van der Waals surface area (Å²) in [6.45, 7) is 4.35. The molecule has 0 unspecified atom stereocenters. The summed E-state index contributed by atoms with van der Waals surface area (Å²) in [5.74, 6) is 0.802. The molecule has 24 heavy (non-hydrogen) atoms. The minimum atomic E-state index is -3.52. The molecule has 0 saturated carbocycles. The Bertz CT molecular complexity index is 790. The lowest BCUT2D eigenvalue weighted by atomic mass is 10.2. The minimum absolute atomic E-state index is 0.0783. The van der Waals surface area contributed by atoms with Crippen LogP contribution in [0.5, 0.6) is 0 Å². The standard InChI is InChI=1S/C17H20N2O4S/c1-14(20)15-4-6-17(7-5-15)24(21,22)19-10-8-18(9-11-19)13-16-3-2-12-23-16/h2-7,12H,8-11,13H2,1H3. The molecule has 7 heteroatoms. The lowest BCUT2D eigenvalue weighted by molar-refractivity contribution is 0.101. The van der Waals surface area contributed by atoms with Crippen molar-refractivity contribution in [2.75, 3.05) is 26.2 Å². The molecule has 1 aromatic heterocycles. The second kappa shape index (κ2) is 6.88. The SMILES string of the molecule is CC(=O)c1ccc(S(=O)(=O)N2CCN(Cc3ccco3)CC2)cc1. The van der Waals surface area contributed by atoms with Gasteiger partial charge < -0.3 is 4.42 Å². The van der Waals surface area contributed by atoms with E-state index in [1.165, 1.54) is 23.4 Å². The summed E-state index contributed by atoms with van der Waals surface area (Å²) in [6.07, 6.45) is 1.64. The van der Waals surface area contributed by atoms with E-state index in [1.54, 1.807) is 18.4 Å². The van der Waals surface area contributed by atoms with Gasteiger partial charge in [0.2, 0.25) is 10.0 Å². The van der Waals surface area contributed by atoms with Crippen molar-refractivity contribution in [3.8, 4) is 0 Å². The fraction of sp³-hybridized carbons (Fsp3) is 0.353. The third-order valence-electron chi connectivity index (χ3n) is 4.19.